The number of carbonyl (C=O) groups is 3. The number of carbonyl (C=O) groups excluding carboxylic acids is 3. The van der Waals surface area contributed by atoms with Crippen molar-refractivity contribution in [2.45, 2.75) is 12.8 Å². The van der Waals surface area contributed by atoms with Crippen LogP contribution in [0.1, 0.15) is 12.8 Å². The maximum Gasteiger partial charge on any atom is 0.318 e. The summed E-state index contributed by atoms with van der Waals surface area (Å²) < 4.78 is 0. The summed E-state index contributed by atoms with van der Waals surface area (Å²) >= 11 is 0. The highest BCUT2D eigenvalue weighted by Gasteiger charge is 2.39. The molecule has 1 N–H and O–H groups in total. The van der Waals surface area contributed by atoms with E-state index in [9.17, 15) is 14.4 Å². The van der Waals surface area contributed by atoms with E-state index in [4.69, 9.17) is 0 Å². The Labute approximate surface area is 75.1 Å². The molecule has 1 aliphatic carbocycles. The molecule has 0 unspecified atom stereocenters. The van der Waals surface area contributed by atoms with Crippen LogP contribution in [0.25, 0.3) is 0 Å². The Balaban J connectivity index is 2.08. The van der Waals surface area contributed by atoms with Gasteiger partial charge in [-0.25, -0.2) is 0 Å². The van der Waals surface area contributed by atoms with Crippen LogP contribution in [0.5, 0.6) is 0 Å². The lowest BCUT2D eigenvalue weighted by Gasteiger charge is -2.24. The number of hydrogen-bond donors (Lipinski definition) is 1. The maximum atomic E-state index is 11.4. The second-order valence-corrected chi connectivity index (χ2v) is 3.33. The molecule has 1 saturated carbocycles. The Morgan fingerprint density at radius 2 is 2.08 bits per heavy atom. The maximum absolute atomic E-state index is 11.4. The average molecular weight is 182 g/mol. The van der Waals surface area contributed by atoms with Crippen LogP contribution >= 0.6 is 0 Å². The average Bonchev–Trinajstić information content (AvgIpc) is 2.91. The molecule has 0 radical (unpaired) electrons. The van der Waals surface area contributed by atoms with E-state index in [1.165, 1.54) is 0 Å². The molecule has 5 nitrogen and oxygen atoms in total. The molecular formula is C8H10N2O3. The predicted octanol–water partition coefficient (Wildman–Crippen LogP) is -1.12. The zero-order valence-electron chi connectivity index (χ0n) is 7.08. The molecule has 1 heterocycles. The molecule has 2 fully saturated rings. The van der Waals surface area contributed by atoms with Crippen molar-refractivity contribution in [2.24, 2.45) is 5.92 Å². The Morgan fingerprint density at radius 1 is 1.38 bits per heavy atom. The van der Waals surface area contributed by atoms with Crippen molar-refractivity contribution in [3.63, 3.8) is 0 Å². The summed E-state index contributed by atoms with van der Waals surface area (Å²) in [4.78, 5) is 34.6. The lowest BCUT2D eigenvalue weighted by molar-refractivity contribution is -0.155. The molecule has 0 spiro atoms. The van der Waals surface area contributed by atoms with Gasteiger partial charge < -0.3 is 5.32 Å². The fourth-order valence-electron chi connectivity index (χ4n) is 1.34. The second-order valence-electron chi connectivity index (χ2n) is 3.33. The first kappa shape index (κ1) is 8.22. The van der Waals surface area contributed by atoms with Crippen LogP contribution in [-0.4, -0.2) is 35.7 Å². The van der Waals surface area contributed by atoms with Gasteiger partial charge in [-0.05, 0) is 12.8 Å². The molecule has 0 atom stereocenters. The van der Waals surface area contributed by atoms with Gasteiger partial charge in [0.1, 0.15) is 0 Å². The summed E-state index contributed by atoms with van der Waals surface area (Å²) in [5.74, 6) is -1.56. The smallest absolute Gasteiger partial charge is 0.318 e. The third kappa shape index (κ3) is 1.41. The first-order valence-corrected chi connectivity index (χ1v) is 4.33. The monoisotopic (exact) mass is 182 g/mol. The van der Waals surface area contributed by atoms with E-state index in [1.54, 1.807) is 0 Å². The lowest BCUT2D eigenvalue weighted by atomic mass is 10.3. The van der Waals surface area contributed by atoms with Gasteiger partial charge in [0.2, 0.25) is 5.91 Å². The van der Waals surface area contributed by atoms with Crippen molar-refractivity contribution in [3.8, 4) is 0 Å². The van der Waals surface area contributed by atoms with Crippen molar-refractivity contribution in [3.05, 3.63) is 0 Å². The third-order valence-corrected chi connectivity index (χ3v) is 2.25. The molecule has 13 heavy (non-hydrogen) atoms. The van der Waals surface area contributed by atoms with E-state index < -0.39 is 11.8 Å². The predicted molar refractivity (Wildman–Crippen MR) is 42.5 cm³/mol. The molecule has 1 aliphatic heterocycles. The van der Waals surface area contributed by atoms with Crippen LogP contribution in [-0.2, 0) is 14.4 Å². The van der Waals surface area contributed by atoms with Crippen LogP contribution in [0.3, 0.4) is 0 Å². The first-order chi connectivity index (χ1) is 6.20. The fourth-order valence-corrected chi connectivity index (χ4v) is 1.34. The molecule has 1 saturated heterocycles. The van der Waals surface area contributed by atoms with Gasteiger partial charge in [0.05, 0.1) is 0 Å². The van der Waals surface area contributed by atoms with Gasteiger partial charge in [-0.15, -0.1) is 0 Å². The summed E-state index contributed by atoms with van der Waals surface area (Å²) in [5.41, 5.74) is 0. The van der Waals surface area contributed by atoms with Gasteiger partial charge in [-0.2, -0.15) is 0 Å². The second kappa shape index (κ2) is 2.83. The summed E-state index contributed by atoms with van der Waals surface area (Å²) in [6.07, 6.45) is 1.70. The molecule has 0 aromatic carbocycles. The molecule has 2 rings (SSSR count). The molecule has 5 heteroatoms. The highest BCUT2D eigenvalue weighted by Crippen LogP contribution is 2.31. The molecule has 0 aromatic heterocycles. The van der Waals surface area contributed by atoms with Crippen molar-refractivity contribution in [1.82, 2.24) is 10.2 Å². The molecule has 0 aromatic rings. The van der Waals surface area contributed by atoms with E-state index in [2.05, 4.69) is 5.32 Å². The fraction of sp³-hybridized carbons (Fsp3) is 0.625. The van der Waals surface area contributed by atoms with Crippen molar-refractivity contribution in [2.75, 3.05) is 13.1 Å². The number of nitrogens with one attached hydrogen (secondary N) is 1. The molecule has 3 amide bonds. The number of hydrogen-bond acceptors (Lipinski definition) is 3. The van der Waals surface area contributed by atoms with Gasteiger partial charge in [-0.1, -0.05) is 0 Å². The minimum atomic E-state index is -0.705. The number of imide groups is 1. The Hall–Kier alpha value is -1.39. The van der Waals surface area contributed by atoms with Gasteiger partial charge >= 0.3 is 11.8 Å². The third-order valence-electron chi connectivity index (χ3n) is 2.25. The van der Waals surface area contributed by atoms with E-state index in [-0.39, 0.29) is 11.8 Å². The van der Waals surface area contributed by atoms with Crippen LogP contribution < -0.4 is 5.32 Å². The summed E-state index contributed by atoms with van der Waals surface area (Å²) in [6, 6.07) is 0. The topological polar surface area (TPSA) is 66.5 Å². The van der Waals surface area contributed by atoms with Crippen LogP contribution in [0.4, 0.5) is 0 Å². The van der Waals surface area contributed by atoms with Gasteiger partial charge in [-0.3, -0.25) is 19.3 Å². The van der Waals surface area contributed by atoms with E-state index in [1.807, 2.05) is 0 Å². The molecule has 0 bridgehead atoms. The van der Waals surface area contributed by atoms with E-state index >= 15 is 0 Å². The van der Waals surface area contributed by atoms with Gasteiger partial charge in [0.15, 0.2) is 0 Å². The quantitative estimate of drug-likeness (QED) is 0.412. The number of nitrogens with zero attached hydrogens (tertiary/aromatic N) is 1. The lowest BCUT2D eigenvalue weighted by Crippen LogP contribution is -2.54. The SMILES string of the molecule is O=C1NCCN(C(=O)C2CC2)C1=O. The van der Waals surface area contributed by atoms with Gasteiger partial charge in [0, 0.05) is 19.0 Å². The van der Waals surface area contributed by atoms with Crippen molar-refractivity contribution < 1.29 is 14.4 Å². The highest BCUT2D eigenvalue weighted by atomic mass is 16.2. The Bertz CT molecular complexity index is 283. The largest absolute Gasteiger partial charge is 0.346 e. The summed E-state index contributed by atoms with van der Waals surface area (Å²) in [7, 11) is 0. The highest BCUT2D eigenvalue weighted by molar-refractivity contribution is 6.38. The molecule has 70 valence electrons. The Kier molecular flexibility index (Phi) is 1.79. The van der Waals surface area contributed by atoms with Gasteiger partial charge in [0.25, 0.3) is 0 Å². The Morgan fingerprint density at radius 3 is 2.69 bits per heavy atom. The van der Waals surface area contributed by atoms with Crippen molar-refractivity contribution >= 4 is 17.7 Å². The van der Waals surface area contributed by atoms with E-state index in [0.29, 0.717) is 13.1 Å². The zero-order chi connectivity index (χ0) is 9.42. The summed E-state index contributed by atoms with van der Waals surface area (Å²) in [5, 5.41) is 2.39. The first-order valence-electron chi connectivity index (χ1n) is 4.33. The van der Waals surface area contributed by atoms with Crippen LogP contribution in [0, 0.1) is 5.92 Å². The zero-order valence-corrected chi connectivity index (χ0v) is 7.08. The van der Waals surface area contributed by atoms with Crippen LogP contribution in [0.15, 0.2) is 0 Å². The summed E-state index contributed by atoms with van der Waals surface area (Å²) in [6.45, 7) is 0.697. The number of piperazine rings is 1. The minimum Gasteiger partial charge on any atom is -0.346 e. The van der Waals surface area contributed by atoms with E-state index in [0.717, 1.165) is 17.7 Å². The number of amides is 3. The van der Waals surface area contributed by atoms with Crippen LogP contribution in [0.2, 0.25) is 0 Å². The normalized spacial score (nSPS) is 22.9. The number of rotatable bonds is 1. The van der Waals surface area contributed by atoms with Crippen molar-refractivity contribution in [1.29, 1.82) is 0 Å². The standard InChI is InChI=1S/C8H10N2O3/c11-6-8(13)10(4-3-9-6)7(12)5-1-2-5/h5H,1-4H2,(H,9,11). The molecule has 2 aliphatic rings. The molecular weight excluding hydrogens is 172 g/mol. The minimum absolute atomic E-state index is 0.00477.